The van der Waals surface area contributed by atoms with Crippen LogP contribution in [0.1, 0.15) is 33.6 Å². The summed E-state index contributed by atoms with van der Waals surface area (Å²) in [5, 5.41) is 16.3. The van der Waals surface area contributed by atoms with Gasteiger partial charge in [0.2, 0.25) is 11.8 Å². The van der Waals surface area contributed by atoms with Crippen LogP contribution < -0.4 is 31.2 Å². The molecule has 5 amide bonds. The number of urea groups is 2. The topological polar surface area (TPSA) is 262 Å². The number of carboxylic acid groups (broad SMARTS) is 1. The molecule has 2 aliphatic rings. The summed E-state index contributed by atoms with van der Waals surface area (Å²) in [6, 6.07) is -0.563. The van der Waals surface area contributed by atoms with Gasteiger partial charge in [-0.15, -0.1) is 0 Å². The summed E-state index contributed by atoms with van der Waals surface area (Å²) in [5.41, 5.74) is 6.28. The van der Waals surface area contributed by atoms with Crippen LogP contribution in [-0.2, 0) is 9.53 Å². The van der Waals surface area contributed by atoms with Crippen molar-refractivity contribution in [1.82, 2.24) is 45.0 Å². The van der Waals surface area contributed by atoms with Crippen LogP contribution in [0, 0.1) is 0 Å². The number of aliphatic carboxylic acids is 1. The van der Waals surface area contributed by atoms with Gasteiger partial charge in [-0.3, -0.25) is 10.6 Å². The van der Waals surface area contributed by atoms with E-state index in [1.807, 2.05) is 0 Å². The molecule has 6 rings (SSSR count). The van der Waals surface area contributed by atoms with E-state index in [0.717, 1.165) is 6.42 Å². The van der Waals surface area contributed by atoms with E-state index in [1.54, 1.807) is 30.6 Å². The van der Waals surface area contributed by atoms with Crippen LogP contribution in [0.3, 0.4) is 0 Å². The first kappa shape index (κ1) is 41.3. The Morgan fingerprint density at radius 1 is 0.833 bits per heavy atom. The van der Waals surface area contributed by atoms with Gasteiger partial charge in [-0.1, -0.05) is 22.7 Å². The molecule has 0 aliphatic carbocycles. The largest absolute Gasteiger partial charge is 0.490 e. The molecule has 2 aliphatic heterocycles. The number of hydrogen-bond donors (Lipinski definition) is 5. The number of carbonyl (C=O) groups excluding carboxylic acids is 3. The molecule has 25 heteroatoms. The van der Waals surface area contributed by atoms with Gasteiger partial charge < -0.3 is 40.2 Å². The van der Waals surface area contributed by atoms with Gasteiger partial charge >= 0.3 is 30.3 Å². The highest BCUT2D eigenvalue weighted by Crippen LogP contribution is 2.30. The summed E-state index contributed by atoms with van der Waals surface area (Å²) >= 11 is 2.52. The van der Waals surface area contributed by atoms with Crippen molar-refractivity contribution in [3.05, 3.63) is 12.7 Å². The molecule has 6 N–H and O–H groups in total. The predicted octanol–water partition coefficient (Wildman–Crippen LogP) is 3.52. The Bertz CT molecular complexity index is 1960. The van der Waals surface area contributed by atoms with E-state index in [9.17, 15) is 27.6 Å². The molecule has 6 heterocycles. The molecule has 0 spiro atoms. The number of carbonyl (C=O) groups is 4. The second kappa shape index (κ2) is 17.6. The number of rotatable bonds is 5. The molecule has 2 atom stereocenters. The Balaban J connectivity index is 0.000000211. The number of methoxy groups -OCH3 is 2. The molecule has 4 aromatic heterocycles. The number of amides is 5. The average molecular weight is 803 g/mol. The van der Waals surface area contributed by atoms with E-state index in [2.05, 4.69) is 45.9 Å². The smallest absolute Gasteiger partial charge is 0.479 e. The van der Waals surface area contributed by atoms with Crippen molar-refractivity contribution in [3.63, 3.8) is 0 Å². The highest BCUT2D eigenvalue weighted by atomic mass is 32.1. The zero-order valence-corrected chi connectivity index (χ0v) is 31.1. The summed E-state index contributed by atoms with van der Waals surface area (Å²) in [5.74, 6) is -2.00. The zero-order valence-electron chi connectivity index (χ0n) is 29.5. The van der Waals surface area contributed by atoms with Crippen molar-refractivity contribution >= 4 is 77.8 Å². The fraction of sp³-hybridized carbons (Fsp3) is 0.517. The van der Waals surface area contributed by atoms with Crippen molar-refractivity contribution in [2.24, 2.45) is 5.73 Å². The van der Waals surface area contributed by atoms with Crippen molar-refractivity contribution in [2.45, 2.75) is 57.5 Å². The number of likely N-dealkylation sites (tertiary alicyclic amines) is 2. The normalized spacial score (nSPS) is 16.8. The SMILES string of the molecule is COc1ncnc2sc(NC(=O)N3CC[C@@H](N)C3)nc12.COc1ncnc2sc(NC(=O)N3CC[C@@H](NC(=O)OC(C)(C)C)C3)nc12.O=C(O)C(F)(F)F. The lowest BCUT2D eigenvalue weighted by Gasteiger charge is -2.22. The first-order chi connectivity index (χ1) is 25.4. The molecule has 0 bridgehead atoms. The van der Waals surface area contributed by atoms with Crippen LogP contribution in [0.25, 0.3) is 20.7 Å². The number of nitrogens with one attached hydrogen (secondary N) is 3. The molecule has 0 radical (unpaired) electrons. The second-order valence-corrected chi connectivity index (χ2v) is 14.3. The molecular weight excluding hydrogens is 766 g/mol. The number of alkyl halides is 3. The summed E-state index contributed by atoms with van der Waals surface area (Å²) in [6.45, 7) is 7.58. The third-order valence-corrected chi connectivity index (χ3v) is 8.85. The zero-order chi connectivity index (χ0) is 39.8. The highest BCUT2D eigenvalue weighted by Gasteiger charge is 2.38. The first-order valence-corrected chi connectivity index (χ1v) is 17.5. The Hall–Kier alpha value is -5.43. The van der Waals surface area contributed by atoms with E-state index in [0.29, 0.717) is 75.3 Å². The van der Waals surface area contributed by atoms with Crippen molar-refractivity contribution in [1.29, 1.82) is 0 Å². The molecule has 4 aromatic rings. The molecule has 2 fully saturated rings. The van der Waals surface area contributed by atoms with Gasteiger partial charge in [-0.2, -0.15) is 23.1 Å². The van der Waals surface area contributed by atoms with Gasteiger partial charge in [0, 0.05) is 32.2 Å². The van der Waals surface area contributed by atoms with Gasteiger partial charge in [0.15, 0.2) is 31.0 Å². The molecule has 54 heavy (non-hydrogen) atoms. The predicted molar refractivity (Wildman–Crippen MR) is 189 cm³/mol. The number of hydrogen-bond acceptors (Lipinski definition) is 16. The number of fused-ring (bicyclic) bond motifs is 2. The third kappa shape index (κ3) is 11.5. The van der Waals surface area contributed by atoms with E-state index in [1.165, 1.54) is 49.5 Å². The summed E-state index contributed by atoms with van der Waals surface area (Å²) in [7, 11) is 3.02. The standard InChI is InChI=1S/C16H22N6O4S.C11H14N6O2S.C2HF3O2/c1-16(2,3)26-15(24)19-9-5-6-22(7-9)14(23)21-13-20-10-11(25-4)17-8-18-12(10)27-13;1-19-8-7-9(14-5-13-8)20-10(15-7)16-11(18)17-3-2-6(12)4-17;3-2(4,5)1(6)7/h8-9H,5-7H2,1-4H3,(H,19,24)(H,20,21,23);5-6H,2-4,12H2,1H3,(H,15,16,18);(H,6,7)/t9-;6-;/m11./s1. The van der Waals surface area contributed by atoms with Crippen molar-refractivity contribution in [2.75, 3.05) is 51.0 Å². The molecule has 0 saturated carbocycles. The van der Waals surface area contributed by atoms with Gasteiger partial charge in [-0.05, 0) is 33.6 Å². The monoisotopic (exact) mass is 802 g/mol. The lowest BCUT2D eigenvalue weighted by Crippen LogP contribution is -2.42. The first-order valence-electron chi connectivity index (χ1n) is 15.8. The van der Waals surface area contributed by atoms with Crippen molar-refractivity contribution in [3.8, 4) is 11.8 Å². The van der Waals surface area contributed by atoms with Gasteiger partial charge in [-0.25, -0.2) is 39.1 Å². The number of anilines is 2. The van der Waals surface area contributed by atoms with E-state index < -0.39 is 23.8 Å². The van der Waals surface area contributed by atoms with E-state index >= 15 is 0 Å². The molecule has 0 unspecified atom stereocenters. The summed E-state index contributed by atoms with van der Waals surface area (Å²) < 4.78 is 47.2. The minimum absolute atomic E-state index is 0.0575. The third-order valence-electron chi connectivity index (χ3n) is 7.09. The fourth-order valence-electron chi connectivity index (χ4n) is 4.72. The Morgan fingerprint density at radius 3 is 1.70 bits per heavy atom. The summed E-state index contributed by atoms with van der Waals surface area (Å²) in [4.78, 5) is 74.7. The maximum absolute atomic E-state index is 12.5. The lowest BCUT2D eigenvalue weighted by molar-refractivity contribution is -0.192. The number of halogens is 3. The van der Waals surface area contributed by atoms with Crippen LogP contribution in [-0.4, -0.2) is 133 Å². The number of alkyl carbamates (subject to hydrolysis) is 1. The number of ether oxygens (including phenoxy) is 3. The Labute approximate surface area is 312 Å². The fourth-order valence-corrected chi connectivity index (χ4v) is 6.30. The van der Waals surface area contributed by atoms with Crippen LogP contribution in [0.2, 0.25) is 0 Å². The number of carboxylic acids is 1. The van der Waals surface area contributed by atoms with Crippen LogP contribution >= 0.6 is 22.7 Å². The molecule has 0 aromatic carbocycles. The molecular formula is C29H37F3N12O8S2. The number of nitrogens with two attached hydrogens (primary N) is 1. The molecule has 2 saturated heterocycles. The Morgan fingerprint density at radius 2 is 1.30 bits per heavy atom. The van der Waals surface area contributed by atoms with Crippen LogP contribution in [0.5, 0.6) is 11.8 Å². The average Bonchev–Trinajstić information content (AvgIpc) is 3.90. The number of aromatic nitrogens is 6. The van der Waals surface area contributed by atoms with Crippen LogP contribution in [0.4, 0.5) is 37.8 Å². The van der Waals surface area contributed by atoms with E-state index in [-0.39, 0.29) is 24.1 Å². The van der Waals surface area contributed by atoms with Gasteiger partial charge in [0.25, 0.3) is 0 Å². The van der Waals surface area contributed by atoms with Crippen LogP contribution in [0.15, 0.2) is 12.7 Å². The number of nitrogens with zero attached hydrogens (tertiary/aromatic N) is 8. The Kier molecular flexibility index (Phi) is 13.5. The second-order valence-electron chi connectivity index (χ2n) is 12.3. The number of thiazole rings is 2. The maximum atomic E-state index is 12.5. The minimum Gasteiger partial charge on any atom is -0.479 e. The quantitative estimate of drug-likeness (QED) is 0.193. The highest BCUT2D eigenvalue weighted by molar-refractivity contribution is 7.22. The van der Waals surface area contributed by atoms with Gasteiger partial charge in [0.05, 0.1) is 20.3 Å². The summed E-state index contributed by atoms with van der Waals surface area (Å²) in [6.07, 6.45) is -1.28. The van der Waals surface area contributed by atoms with Gasteiger partial charge in [0.1, 0.15) is 18.3 Å². The lowest BCUT2D eigenvalue weighted by atomic mass is 10.2. The van der Waals surface area contributed by atoms with E-state index in [4.69, 9.17) is 29.8 Å². The van der Waals surface area contributed by atoms with Crippen molar-refractivity contribution < 1.29 is 51.7 Å². The maximum Gasteiger partial charge on any atom is 0.490 e. The minimum atomic E-state index is -5.08. The molecule has 294 valence electrons. The molecule has 20 nitrogen and oxygen atoms in total.